The van der Waals surface area contributed by atoms with Gasteiger partial charge in [0.2, 0.25) is 0 Å². The Balaban J connectivity index is 1.75. The minimum atomic E-state index is -1.54. The summed E-state index contributed by atoms with van der Waals surface area (Å²) in [4.78, 5) is 6.03. The third-order valence-electron chi connectivity index (χ3n) is 3.60. The van der Waals surface area contributed by atoms with Crippen LogP contribution in [0.3, 0.4) is 0 Å². The molecule has 0 aromatic heterocycles. The van der Waals surface area contributed by atoms with Crippen molar-refractivity contribution >= 4 is 26.0 Å². The van der Waals surface area contributed by atoms with Crippen LogP contribution in [0.25, 0.3) is 0 Å². The van der Waals surface area contributed by atoms with Crippen molar-refractivity contribution in [1.82, 2.24) is 4.60 Å². The van der Waals surface area contributed by atoms with Crippen molar-refractivity contribution < 1.29 is 18.4 Å². The second kappa shape index (κ2) is 13.4. The minimum absolute atomic E-state index is 0.129. The summed E-state index contributed by atoms with van der Waals surface area (Å²) < 4.78 is 24.2. The average molecular weight is 474 g/mol. The molecule has 162 valence electrons. The quantitative estimate of drug-likeness (QED) is 0.197. The van der Waals surface area contributed by atoms with E-state index in [0.29, 0.717) is 26.9 Å². The molecule has 0 aliphatic carbocycles. The van der Waals surface area contributed by atoms with Gasteiger partial charge in [-0.15, -0.1) is 4.52 Å². The van der Waals surface area contributed by atoms with Gasteiger partial charge in [-0.3, -0.25) is 4.84 Å². The lowest BCUT2D eigenvalue weighted by atomic mass is 10.2. The molecule has 9 heteroatoms. The first-order valence-electron chi connectivity index (χ1n) is 9.77. The molecule has 0 aliphatic rings. The summed E-state index contributed by atoms with van der Waals surface area (Å²) in [6.45, 7) is 4.70. The van der Waals surface area contributed by atoms with E-state index in [-0.39, 0.29) is 8.96 Å². The summed E-state index contributed by atoms with van der Waals surface area (Å²) >= 11 is 0. The number of benzene rings is 3. The van der Waals surface area contributed by atoms with E-state index in [9.17, 15) is 0 Å². The zero-order valence-corrected chi connectivity index (χ0v) is 20.2. The zero-order chi connectivity index (χ0) is 21.7. The Hall–Kier alpha value is -2.06. The maximum absolute atomic E-state index is 6.17. The lowest BCUT2D eigenvalue weighted by Gasteiger charge is -2.25. The van der Waals surface area contributed by atoms with E-state index in [1.807, 2.05) is 91.0 Å². The van der Waals surface area contributed by atoms with Gasteiger partial charge in [-0.05, 0) is 42.3 Å². The molecule has 0 saturated heterocycles. The second-order valence-corrected chi connectivity index (χ2v) is 9.98. The van der Waals surface area contributed by atoms with Crippen LogP contribution in [0.1, 0.15) is 13.8 Å². The van der Waals surface area contributed by atoms with Gasteiger partial charge in [0.05, 0.1) is 6.61 Å². The molecule has 0 bridgehead atoms. The molecule has 0 saturated carbocycles. The van der Waals surface area contributed by atoms with Crippen LogP contribution < -0.4 is 13.6 Å². The molecule has 0 N–H and O–H groups in total. The first kappa shape index (κ1) is 23.6. The average Bonchev–Trinajstić information content (AvgIpc) is 2.80. The Morgan fingerprint density at radius 3 is 1.97 bits per heavy atom. The topological polar surface area (TPSA) is 52.5 Å². The fourth-order valence-corrected chi connectivity index (χ4v) is 5.09. The monoisotopic (exact) mass is 474 g/mol. The molecule has 6 nitrogen and oxygen atoms in total. The Bertz CT molecular complexity index is 902. The third-order valence-corrected chi connectivity index (χ3v) is 6.97. The molecule has 31 heavy (non-hydrogen) atoms. The predicted molar refractivity (Wildman–Crippen MR) is 128 cm³/mol. The number of rotatable bonds is 12. The van der Waals surface area contributed by atoms with Crippen molar-refractivity contribution in [3.05, 3.63) is 91.0 Å². The summed E-state index contributed by atoms with van der Waals surface area (Å²) in [6, 6.07) is 28.7. The van der Waals surface area contributed by atoms with Gasteiger partial charge in [0.1, 0.15) is 17.2 Å². The molecule has 0 amide bonds. The van der Waals surface area contributed by atoms with E-state index < -0.39 is 8.45 Å². The first-order valence-corrected chi connectivity index (χ1v) is 12.6. The predicted octanol–water partition coefficient (Wildman–Crippen LogP) is 7.89. The summed E-state index contributed by atoms with van der Waals surface area (Å²) in [7, 11) is -1.25. The molecule has 0 heterocycles. The lowest BCUT2D eigenvalue weighted by molar-refractivity contribution is -0.0308. The molecule has 0 fully saturated rings. The minimum Gasteiger partial charge on any atom is -0.458 e. The fraction of sp³-hybridized carbons (Fsp3) is 0.182. The molecule has 3 aromatic carbocycles. The molecule has 0 aliphatic heterocycles. The van der Waals surface area contributed by atoms with E-state index in [1.165, 1.54) is 0 Å². The van der Waals surface area contributed by atoms with E-state index in [1.54, 1.807) is 4.60 Å². The van der Waals surface area contributed by atoms with E-state index >= 15 is 0 Å². The van der Waals surface area contributed by atoms with Crippen molar-refractivity contribution in [3.63, 3.8) is 0 Å². The highest BCUT2D eigenvalue weighted by Crippen LogP contribution is 2.52. The maximum atomic E-state index is 6.17. The van der Waals surface area contributed by atoms with Crippen molar-refractivity contribution in [2.75, 3.05) is 6.61 Å². The van der Waals surface area contributed by atoms with Crippen LogP contribution in [0.5, 0.6) is 17.2 Å². The van der Waals surface area contributed by atoms with E-state index in [4.69, 9.17) is 18.4 Å². The normalized spacial score (nSPS) is 12.6. The van der Waals surface area contributed by atoms with Crippen molar-refractivity contribution in [2.45, 2.75) is 13.8 Å². The number of hydrogen-bond donors (Lipinski definition) is 0. The number of hydrogen-bond acceptors (Lipinski definition) is 6. The SMILES string of the molecule is CC(C)CON(POc1ccccc1)P(N=POc1ccccc1)Oc1ccccc1. The van der Waals surface area contributed by atoms with Crippen LogP contribution >= 0.6 is 26.0 Å². The molecule has 3 rings (SSSR count). The van der Waals surface area contributed by atoms with E-state index in [0.717, 1.165) is 11.5 Å². The van der Waals surface area contributed by atoms with Crippen LogP contribution in [0, 0.1) is 5.92 Å². The highest BCUT2D eigenvalue weighted by molar-refractivity contribution is 7.60. The summed E-state index contributed by atoms with van der Waals surface area (Å²) in [5.74, 6) is 2.54. The Morgan fingerprint density at radius 1 is 0.839 bits per heavy atom. The van der Waals surface area contributed by atoms with Gasteiger partial charge in [0, 0.05) is 0 Å². The fourth-order valence-electron chi connectivity index (χ4n) is 2.16. The molecular formula is C22H25N2O4P3. The lowest BCUT2D eigenvalue weighted by Crippen LogP contribution is -2.15. The Morgan fingerprint density at radius 2 is 1.39 bits per heavy atom. The van der Waals surface area contributed by atoms with E-state index in [2.05, 4.69) is 18.4 Å². The zero-order valence-electron chi connectivity index (χ0n) is 17.4. The summed E-state index contributed by atoms with van der Waals surface area (Å²) in [5, 5.41) is 0. The molecule has 0 spiro atoms. The van der Waals surface area contributed by atoms with Crippen LogP contribution in [0.4, 0.5) is 0 Å². The van der Waals surface area contributed by atoms with Gasteiger partial charge in [-0.1, -0.05) is 73.0 Å². The van der Waals surface area contributed by atoms with Gasteiger partial charge in [0.15, 0.2) is 8.96 Å². The van der Waals surface area contributed by atoms with Crippen molar-refractivity contribution in [2.24, 2.45) is 10.4 Å². The summed E-state index contributed by atoms with van der Waals surface area (Å²) in [5.41, 5.74) is 0. The highest BCUT2D eigenvalue weighted by atomic mass is 31.2. The standard InChI is InChI=1S/C22H25N2O4P3/c1-19(2)18-25-24(30-27-21-14-8-4-9-15-21)31(28-22-16-10-5-11-17-22)23-29-26-20-12-6-3-7-13-20/h3-17,19,30H,18H2,1-2H3. The van der Waals surface area contributed by atoms with Crippen LogP contribution in [-0.4, -0.2) is 11.2 Å². The van der Waals surface area contributed by atoms with Gasteiger partial charge in [-0.25, -0.2) is 0 Å². The Kier molecular flexibility index (Phi) is 10.2. The van der Waals surface area contributed by atoms with Crippen LogP contribution in [0.2, 0.25) is 0 Å². The smallest absolute Gasteiger partial charge is 0.337 e. The molecular weight excluding hydrogens is 449 g/mol. The van der Waals surface area contributed by atoms with Gasteiger partial charge in [0.25, 0.3) is 8.60 Å². The Labute approximate surface area is 188 Å². The van der Waals surface area contributed by atoms with Crippen LogP contribution in [0.15, 0.2) is 95.5 Å². The molecule has 2 atom stereocenters. The van der Waals surface area contributed by atoms with Crippen molar-refractivity contribution in [1.29, 1.82) is 0 Å². The van der Waals surface area contributed by atoms with Gasteiger partial charge >= 0.3 is 8.45 Å². The molecule has 0 radical (unpaired) electrons. The van der Waals surface area contributed by atoms with Crippen molar-refractivity contribution in [3.8, 4) is 17.2 Å². The highest BCUT2D eigenvalue weighted by Gasteiger charge is 2.25. The molecule has 3 aromatic rings. The number of para-hydroxylation sites is 3. The third kappa shape index (κ3) is 8.91. The largest absolute Gasteiger partial charge is 0.458 e. The van der Waals surface area contributed by atoms with Crippen LogP contribution in [-0.2, 0) is 4.84 Å². The summed E-state index contributed by atoms with van der Waals surface area (Å²) in [6.07, 6.45) is 0. The number of nitrogens with zero attached hydrogens (tertiary/aromatic N) is 2. The first-order chi connectivity index (χ1) is 15.2. The molecule has 2 unspecified atom stereocenters. The van der Waals surface area contributed by atoms with Gasteiger partial charge < -0.3 is 13.6 Å². The maximum Gasteiger partial charge on any atom is 0.337 e. The second-order valence-electron chi connectivity index (χ2n) is 6.70. The van der Waals surface area contributed by atoms with Gasteiger partial charge in [-0.2, -0.15) is 0 Å².